The molecule has 0 aliphatic heterocycles. The molecule has 0 saturated heterocycles. The van der Waals surface area contributed by atoms with Gasteiger partial charge in [0, 0.05) is 18.8 Å². The number of hydrogen-bond acceptors (Lipinski definition) is 3. The summed E-state index contributed by atoms with van der Waals surface area (Å²) >= 11 is 0. The fourth-order valence-electron chi connectivity index (χ4n) is 2.38. The Bertz CT molecular complexity index is 714. The lowest BCUT2D eigenvalue weighted by molar-refractivity contribution is -0.143. The summed E-state index contributed by atoms with van der Waals surface area (Å²) in [7, 11) is 0. The van der Waals surface area contributed by atoms with Crippen LogP contribution in [0.4, 0.5) is 5.69 Å². The van der Waals surface area contributed by atoms with Crippen molar-refractivity contribution in [3.05, 3.63) is 65.2 Å². The smallest absolute Gasteiger partial charge is 0.313 e. The SMILES string of the molecule is Cc1cccc(NC(=O)C(=O)N(CCO)Cc2ccccc2)c1C. The van der Waals surface area contributed by atoms with E-state index in [1.807, 2.05) is 56.3 Å². The van der Waals surface area contributed by atoms with Crippen LogP contribution in [0.15, 0.2) is 48.5 Å². The third-order valence-electron chi connectivity index (χ3n) is 3.92. The zero-order valence-corrected chi connectivity index (χ0v) is 14.0. The van der Waals surface area contributed by atoms with Crippen LogP contribution < -0.4 is 5.32 Å². The van der Waals surface area contributed by atoms with Crippen molar-refractivity contribution in [1.29, 1.82) is 0 Å². The van der Waals surface area contributed by atoms with Crippen LogP contribution in [0.1, 0.15) is 16.7 Å². The van der Waals surface area contributed by atoms with Gasteiger partial charge >= 0.3 is 11.8 Å². The Morgan fingerprint density at radius 2 is 1.75 bits per heavy atom. The highest BCUT2D eigenvalue weighted by Gasteiger charge is 2.22. The molecule has 2 amide bonds. The first-order valence-electron chi connectivity index (χ1n) is 7.84. The van der Waals surface area contributed by atoms with E-state index in [-0.39, 0.29) is 19.7 Å². The Kier molecular flexibility index (Phi) is 6.09. The van der Waals surface area contributed by atoms with Crippen LogP contribution in [0.3, 0.4) is 0 Å². The van der Waals surface area contributed by atoms with Crippen molar-refractivity contribution >= 4 is 17.5 Å². The molecule has 0 unspecified atom stereocenters. The zero-order chi connectivity index (χ0) is 17.5. The molecule has 2 N–H and O–H groups in total. The minimum absolute atomic E-state index is 0.105. The average molecular weight is 326 g/mol. The number of benzene rings is 2. The molecule has 0 bridgehead atoms. The van der Waals surface area contributed by atoms with Gasteiger partial charge in [-0.15, -0.1) is 0 Å². The van der Waals surface area contributed by atoms with Gasteiger partial charge in [0.25, 0.3) is 0 Å². The molecule has 126 valence electrons. The zero-order valence-electron chi connectivity index (χ0n) is 14.0. The molecular weight excluding hydrogens is 304 g/mol. The quantitative estimate of drug-likeness (QED) is 0.828. The number of rotatable bonds is 5. The number of carbonyl (C=O) groups excluding carboxylic acids is 2. The van der Waals surface area contributed by atoms with E-state index in [1.165, 1.54) is 4.90 Å². The van der Waals surface area contributed by atoms with Gasteiger partial charge < -0.3 is 15.3 Å². The van der Waals surface area contributed by atoms with E-state index in [9.17, 15) is 14.7 Å². The summed E-state index contributed by atoms with van der Waals surface area (Å²) in [4.78, 5) is 26.1. The van der Waals surface area contributed by atoms with Gasteiger partial charge in [-0.3, -0.25) is 9.59 Å². The van der Waals surface area contributed by atoms with Crippen LogP contribution in [0.25, 0.3) is 0 Å². The molecule has 0 spiro atoms. The largest absolute Gasteiger partial charge is 0.395 e. The van der Waals surface area contributed by atoms with Crippen LogP contribution in [0.5, 0.6) is 0 Å². The maximum Gasteiger partial charge on any atom is 0.313 e. The summed E-state index contributed by atoms with van der Waals surface area (Å²) in [5, 5.41) is 11.9. The first kappa shape index (κ1) is 17.7. The Morgan fingerprint density at radius 1 is 1.04 bits per heavy atom. The molecule has 0 aromatic heterocycles. The van der Waals surface area contributed by atoms with Crippen LogP contribution >= 0.6 is 0 Å². The van der Waals surface area contributed by atoms with Gasteiger partial charge in [-0.25, -0.2) is 0 Å². The Hall–Kier alpha value is -2.66. The molecule has 2 aromatic rings. The molecule has 5 nitrogen and oxygen atoms in total. The normalized spacial score (nSPS) is 10.3. The summed E-state index contributed by atoms with van der Waals surface area (Å²) in [6.45, 7) is 4.02. The molecule has 0 radical (unpaired) electrons. The Balaban J connectivity index is 2.11. The molecule has 0 aliphatic carbocycles. The van der Waals surface area contributed by atoms with Crippen LogP contribution in [0, 0.1) is 13.8 Å². The predicted octanol–water partition coefficient (Wildman–Crippen LogP) is 2.26. The van der Waals surface area contributed by atoms with Crippen LogP contribution in [-0.4, -0.2) is 35.0 Å². The van der Waals surface area contributed by atoms with E-state index in [1.54, 1.807) is 6.07 Å². The Morgan fingerprint density at radius 3 is 2.42 bits per heavy atom. The van der Waals surface area contributed by atoms with Gasteiger partial charge in [-0.2, -0.15) is 0 Å². The van der Waals surface area contributed by atoms with Gasteiger partial charge in [-0.05, 0) is 36.6 Å². The minimum atomic E-state index is -0.701. The van der Waals surface area contributed by atoms with Crippen LogP contribution in [0.2, 0.25) is 0 Å². The second-order valence-corrected chi connectivity index (χ2v) is 5.64. The van der Waals surface area contributed by atoms with E-state index < -0.39 is 11.8 Å². The van der Waals surface area contributed by atoms with Crippen molar-refractivity contribution < 1.29 is 14.7 Å². The second-order valence-electron chi connectivity index (χ2n) is 5.64. The van der Waals surface area contributed by atoms with Gasteiger partial charge in [0.15, 0.2) is 0 Å². The van der Waals surface area contributed by atoms with Crippen molar-refractivity contribution in [3.8, 4) is 0 Å². The van der Waals surface area contributed by atoms with E-state index >= 15 is 0 Å². The fraction of sp³-hybridized carbons (Fsp3) is 0.263. The second kappa shape index (κ2) is 8.26. The number of nitrogens with zero attached hydrogens (tertiary/aromatic N) is 1. The minimum Gasteiger partial charge on any atom is -0.395 e. The maximum absolute atomic E-state index is 12.4. The number of amides is 2. The number of aryl methyl sites for hydroxylation is 1. The van der Waals surface area contributed by atoms with E-state index in [0.717, 1.165) is 16.7 Å². The molecule has 0 saturated carbocycles. The fourth-order valence-corrected chi connectivity index (χ4v) is 2.38. The van der Waals surface area contributed by atoms with Gasteiger partial charge in [0.1, 0.15) is 0 Å². The molecule has 0 aliphatic rings. The molecular formula is C19H22N2O3. The highest BCUT2D eigenvalue weighted by molar-refractivity contribution is 6.39. The Labute approximate surface area is 141 Å². The van der Waals surface area contributed by atoms with Crippen molar-refractivity contribution in [3.63, 3.8) is 0 Å². The average Bonchev–Trinajstić information content (AvgIpc) is 2.59. The van der Waals surface area contributed by atoms with E-state index in [4.69, 9.17) is 0 Å². The topological polar surface area (TPSA) is 69.6 Å². The van der Waals surface area contributed by atoms with Gasteiger partial charge in [0.2, 0.25) is 0 Å². The third-order valence-corrected chi connectivity index (χ3v) is 3.92. The molecule has 2 rings (SSSR count). The summed E-state index contributed by atoms with van der Waals surface area (Å²) in [6, 6.07) is 14.9. The van der Waals surface area contributed by atoms with Crippen molar-refractivity contribution in [2.24, 2.45) is 0 Å². The lowest BCUT2D eigenvalue weighted by Gasteiger charge is -2.21. The number of carbonyl (C=O) groups is 2. The molecule has 2 aromatic carbocycles. The van der Waals surface area contributed by atoms with Crippen LogP contribution in [-0.2, 0) is 16.1 Å². The van der Waals surface area contributed by atoms with E-state index in [0.29, 0.717) is 5.69 Å². The predicted molar refractivity (Wildman–Crippen MR) is 93.5 cm³/mol. The third kappa shape index (κ3) is 4.43. The summed E-state index contributed by atoms with van der Waals surface area (Å²) in [5.74, 6) is -1.36. The highest BCUT2D eigenvalue weighted by atomic mass is 16.3. The molecule has 0 fully saturated rings. The molecule has 0 heterocycles. The molecule has 5 heteroatoms. The van der Waals surface area contributed by atoms with Gasteiger partial charge in [-0.1, -0.05) is 42.5 Å². The summed E-state index contributed by atoms with van der Waals surface area (Å²) < 4.78 is 0. The monoisotopic (exact) mass is 326 g/mol. The number of nitrogens with one attached hydrogen (secondary N) is 1. The first-order chi connectivity index (χ1) is 11.5. The van der Waals surface area contributed by atoms with Crippen molar-refractivity contribution in [1.82, 2.24) is 4.90 Å². The standard InChI is InChI=1S/C19H22N2O3/c1-14-7-6-10-17(15(14)2)20-18(23)19(24)21(11-12-22)13-16-8-4-3-5-9-16/h3-10,22H,11-13H2,1-2H3,(H,20,23). The lowest BCUT2D eigenvalue weighted by atomic mass is 10.1. The summed E-state index contributed by atoms with van der Waals surface area (Å²) in [6.07, 6.45) is 0. The van der Waals surface area contributed by atoms with Crippen molar-refractivity contribution in [2.45, 2.75) is 20.4 Å². The van der Waals surface area contributed by atoms with Gasteiger partial charge in [0.05, 0.1) is 6.61 Å². The number of aliphatic hydroxyl groups is 1. The first-order valence-corrected chi connectivity index (χ1v) is 7.84. The number of anilines is 1. The number of aliphatic hydroxyl groups excluding tert-OH is 1. The molecule has 24 heavy (non-hydrogen) atoms. The maximum atomic E-state index is 12.4. The van der Waals surface area contributed by atoms with E-state index in [2.05, 4.69) is 5.32 Å². The van der Waals surface area contributed by atoms with Crippen molar-refractivity contribution in [2.75, 3.05) is 18.5 Å². The molecule has 0 atom stereocenters. The lowest BCUT2D eigenvalue weighted by Crippen LogP contribution is -2.40. The number of hydrogen-bond donors (Lipinski definition) is 2. The highest BCUT2D eigenvalue weighted by Crippen LogP contribution is 2.18. The summed E-state index contributed by atoms with van der Waals surface area (Å²) in [5.41, 5.74) is 3.49.